The van der Waals surface area contributed by atoms with E-state index in [-0.39, 0.29) is 6.15 Å². The molecule has 0 spiro atoms. The monoisotopic (exact) mass is 211 g/mol. The van der Waals surface area contributed by atoms with Gasteiger partial charge in [0.15, 0.2) is 6.29 Å². The molecule has 0 saturated carbocycles. The van der Waals surface area contributed by atoms with E-state index in [1.54, 1.807) is 0 Å². The van der Waals surface area contributed by atoms with E-state index < -0.39 is 36.7 Å². The first kappa shape index (κ1) is 13.2. The topological polar surface area (TPSA) is 167 Å². The molecule has 0 amide bonds. The number of rotatable bonds is 1. The molecule has 5 atom stereocenters. The average Bonchev–Trinajstić information content (AvgIpc) is 2.07. The Morgan fingerprint density at radius 3 is 2.00 bits per heavy atom. The Bertz CT molecular complexity index is 210. The van der Waals surface area contributed by atoms with Crippen LogP contribution in [0.5, 0.6) is 0 Å². The van der Waals surface area contributed by atoms with Gasteiger partial charge in [-0.2, -0.15) is 0 Å². The molecule has 1 saturated heterocycles. The molecule has 0 aromatic carbocycles. The van der Waals surface area contributed by atoms with Crippen LogP contribution in [0.1, 0.15) is 0 Å². The number of carbonyl (C=O) groups is 1. The summed E-state index contributed by atoms with van der Waals surface area (Å²) in [7, 11) is 0. The normalized spacial score (nSPS) is 42.7. The van der Waals surface area contributed by atoms with Gasteiger partial charge in [-0.25, -0.2) is 0 Å². The molecular weight excluding hydrogens is 198 g/mol. The van der Waals surface area contributed by atoms with Crippen molar-refractivity contribution in [3.8, 4) is 0 Å². The van der Waals surface area contributed by atoms with Crippen molar-refractivity contribution in [3.05, 3.63) is 0 Å². The largest absolute Gasteiger partial charge is 0.547 e. The first-order valence-corrected chi connectivity index (χ1v) is 3.53. The second-order valence-corrected chi connectivity index (χ2v) is 2.74. The van der Waals surface area contributed by atoms with Crippen molar-refractivity contribution in [2.45, 2.75) is 30.7 Å². The van der Waals surface area contributed by atoms with Crippen molar-refractivity contribution in [2.24, 2.45) is 0 Å². The number of quaternary nitrogens is 1. The van der Waals surface area contributed by atoms with Gasteiger partial charge >= 0.3 is 0 Å². The Morgan fingerprint density at radius 2 is 1.57 bits per heavy atom. The van der Waals surface area contributed by atoms with Gasteiger partial charge in [-0.3, -0.25) is 0 Å². The maximum Gasteiger partial charge on any atom is 0.184 e. The highest BCUT2D eigenvalue weighted by Gasteiger charge is 2.43. The lowest BCUT2D eigenvalue weighted by atomic mass is 9.99. The Balaban J connectivity index is 0.00000169. The van der Waals surface area contributed by atoms with Gasteiger partial charge in [-0.15, -0.1) is 0 Å². The molecule has 1 heterocycles. The maximum atomic E-state index is 10.3. The molecule has 0 aromatic rings. The quantitative estimate of drug-likeness (QED) is 0.294. The maximum absolute atomic E-state index is 10.3. The van der Waals surface area contributed by atoms with Crippen LogP contribution in [0, 0.1) is 0 Å². The number of carboxylic acid groups (broad SMARTS) is 1. The molecule has 1 fully saturated rings. The summed E-state index contributed by atoms with van der Waals surface area (Å²) in [5, 5.41) is 46.1. The minimum atomic E-state index is -1.85. The summed E-state index contributed by atoms with van der Waals surface area (Å²) >= 11 is 0. The molecule has 0 unspecified atom stereocenters. The second kappa shape index (κ2) is 4.64. The van der Waals surface area contributed by atoms with E-state index in [0.717, 1.165) is 0 Å². The third-order valence-electron chi connectivity index (χ3n) is 1.82. The van der Waals surface area contributed by atoms with Crippen LogP contribution in [0.3, 0.4) is 0 Å². The Kier molecular flexibility index (Phi) is 4.39. The summed E-state index contributed by atoms with van der Waals surface area (Å²) in [5.41, 5.74) is 0. The van der Waals surface area contributed by atoms with Crippen LogP contribution in [0.4, 0.5) is 0 Å². The van der Waals surface area contributed by atoms with E-state index in [1.165, 1.54) is 0 Å². The zero-order valence-electron chi connectivity index (χ0n) is 7.40. The van der Waals surface area contributed by atoms with Crippen LogP contribution >= 0.6 is 0 Å². The van der Waals surface area contributed by atoms with Gasteiger partial charge in [0.25, 0.3) is 0 Å². The van der Waals surface area contributed by atoms with Gasteiger partial charge in [-0.05, 0) is 0 Å². The predicted octanol–water partition coefficient (Wildman–Crippen LogP) is -4.09. The molecule has 1 aliphatic heterocycles. The molecule has 0 aliphatic carbocycles. The van der Waals surface area contributed by atoms with E-state index >= 15 is 0 Å². The van der Waals surface area contributed by atoms with Crippen LogP contribution in [-0.2, 0) is 9.53 Å². The highest BCUT2D eigenvalue weighted by atomic mass is 16.6. The number of aliphatic carboxylic acids is 1. The molecular formula is C6H13NO7. The van der Waals surface area contributed by atoms with Gasteiger partial charge in [0.2, 0.25) is 0 Å². The van der Waals surface area contributed by atoms with Crippen molar-refractivity contribution in [3.63, 3.8) is 0 Å². The predicted molar refractivity (Wildman–Crippen MR) is 39.9 cm³/mol. The van der Waals surface area contributed by atoms with Crippen LogP contribution in [-0.4, -0.2) is 57.1 Å². The molecule has 8 nitrogen and oxygen atoms in total. The number of hydrogen-bond donors (Lipinski definition) is 5. The van der Waals surface area contributed by atoms with Gasteiger partial charge in [0.1, 0.15) is 24.4 Å². The highest BCUT2D eigenvalue weighted by molar-refractivity contribution is 5.71. The smallest absolute Gasteiger partial charge is 0.184 e. The van der Waals surface area contributed by atoms with Gasteiger partial charge < -0.3 is 41.2 Å². The minimum Gasteiger partial charge on any atom is -0.547 e. The zero-order valence-corrected chi connectivity index (χ0v) is 7.40. The van der Waals surface area contributed by atoms with Gasteiger partial charge in [-0.1, -0.05) is 0 Å². The minimum absolute atomic E-state index is 0. The molecule has 0 bridgehead atoms. The standard InChI is InChI=1S/C6H10O7.H3N/c7-1-2(8)4(5(10)11)13-6(12)3(1)9;/h1-4,6-9,12H,(H,10,11);1H3/t1-,2-,3-,4-,6+;/m0./s1. The van der Waals surface area contributed by atoms with E-state index in [2.05, 4.69) is 4.74 Å². The van der Waals surface area contributed by atoms with E-state index in [9.17, 15) is 9.90 Å². The number of carbonyl (C=O) groups excluding carboxylic acids is 1. The lowest BCUT2D eigenvalue weighted by Gasteiger charge is -2.38. The number of carboxylic acids is 1. The van der Waals surface area contributed by atoms with Crippen molar-refractivity contribution in [1.29, 1.82) is 0 Å². The first-order chi connectivity index (χ1) is 5.95. The number of hydrogen-bond acceptors (Lipinski definition) is 7. The van der Waals surface area contributed by atoms with Gasteiger partial charge in [0.05, 0.1) is 5.97 Å². The lowest BCUT2D eigenvalue weighted by Crippen LogP contribution is -2.62. The van der Waals surface area contributed by atoms with Crippen molar-refractivity contribution in [1.82, 2.24) is 6.15 Å². The van der Waals surface area contributed by atoms with E-state index in [0.29, 0.717) is 0 Å². The summed E-state index contributed by atoms with van der Waals surface area (Å²) in [6.45, 7) is 0. The Labute approximate surface area is 78.9 Å². The fourth-order valence-corrected chi connectivity index (χ4v) is 1.06. The first-order valence-electron chi connectivity index (χ1n) is 3.53. The number of aliphatic hydroxyl groups is 4. The average molecular weight is 211 g/mol. The molecule has 0 aromatic heterocycles. The van der Waals surface area contributed by atoms with Gasteiger partial charge in [0, 0.05) is 0 Å². The SMILES string of the molecule is O=C([O-])[C@H]1O[C@@H](O)[C@@H](O)[C@@H](O)[C@@H]1O.[NH4+]. The molecule has 1 aliphatic rings. The number of aliphatic hydroxyl groups excluding tert-OH is 4. The van der Waals surface area contributed by atoms with Crippen LogP contribution < -0.4 is 11.3 Å². The third-order valence-corrected chi connectivity index (χ3v) is 1.82. The Morgan fingerprint density at radius 1 is 1.07 bits per heavy atom. The molecule has 8 heteroatoms. The third kappa shape index (κ3) is 2.18. The zero-order chi connectivity index (χ0) is 10.2. The van der Waals surface area contributed by atoms with Crippen molar-refractivity contribution >= 4 is 5.97 Å². The number of ether oxygens (including phenoxy) is 1. The second-order valence-electron chi connectivity index (χ2n) is 2.74. The fourth-order valence-electron chi connectivity index (χ4n) is 1.06. The summed E-state index contributed by atoms with van der Waals surface area (Å²) in [6, 6.07) is 0. The van der Waals surface area contributed by atoms with Crippen LogP contribution in [0.25, 0.3) is 0 Å². The molecule has 84 valence electrons. The Hall–Kier alpha value is -0.770. The molecule has 0 radical (unpaired) electrons. The van der Waals surface area contributed by atoms with Crippen LogP contribution in [0.2, 0.25) is 0 Å². The van der Waals surface area contributed by atoms with Crippen LogP contribution in [0.15, 0.2) is 0 Å². The summed E-state index contributed by atoms with van der Waals surface area (Å²) in [6.07, 6.45) is -9.00. The van der Waals surface area contributed by atoms with Crippen molar-refractivity contribution < 1.29 is 35.1 Å². The van der Waals surface area contributed by atoms with Crippen molar-refractivity contribution in [2.75, 3.05) is 0 Å². The molecule has 14 heavy (non-hydrogen) atoms. The molecule has 1 rings (SSSR count). The van der Waals surface area contributed by atoms with E-state index in [4.69, 9.17) is 20.4 Å². The summed E-state index contributed by atoms with van der Waals surface area (Å²) in [4.78, 5) is 10.3. The van der Waals surface area contributed by atoms with E-state index in [1.807, 2.05) is 0 Å². The summed E-state index contributed by atoms with van der Waals surface area (Å²) < 4.78 is 4.28. The summed E-state index contributed by atoms with van der Waals surface area (Å²) in [5.74, 6) is -1.77. The fraction of sp³-hybridized carbons (Fsp3) is 0.833. The molecule has 8 N–H and O–H groups in total. The highest BCUT2D eigenvalue weighted by Crippen LogP contribution is 2.19. The lowest BCUT2D eigenvalue weighted by molar-refractivity contribution is -0.345.